The van der Waals surface area contributed by atoms with E-state index in [4.69, 9.17) is 5.73 Å². The Balaban J connectivity index is 0.00000180. The van der Waals surface area contributed by atoms with Crippen molar-refractivity contribution in [3.63, 3.8) is 0 Å². The van der Waals surface area contributed by atoms with Crippen molar-refractivity contribution in [1.82, 2.24) is 5.32 Å². The Kier molecular flexibility index (Phi) is 6.56. The van der Waals surface area contributed by atoms with Crippen LogP contribution < -0.4 is 11.1 Å². The smallest absolute Gasteiger partial charge is 0.252 e. The molecule has 1 aromatic carbocycles. The number of carbonyl (C=O) groups excluding carboxylic acids is 1. The summed E-state index contributed by atoms with van der Waals surface area (Å²) in [7, 11) is 0. The molecule has 2 rings (SSSR count). The second kappa shape index (κ2) is 7.45. The molecule has 1 fully saturated rings. The highest BCUT2D eigenvalue weighted by Crippen LogP contribution is 2.20. The predicted octanol–water partition coefficient (Wildman–Crippen LogP) is 3.02. The number of aryl methyl sites for hydroxylation is 1. The zero-order valence-corrected chi connectivity index (χ0v) is 14.0. The Morgan fingerprint density at radius 3 is 2.58 bits per heavy atom. The lowest BCUT2D eigenvalue weighted by Crippen LogP contribution is -2.40. The van der Waals surface area contributed by atoms with Gasteiger partial charge in [0.15, 0.2) is 0 Å². The van der Waals surface area contributed by atoms with Crippen molar-refractivity contribution in [3.8, 4) is 0 Å². The van der Waals surface area contributed by atoms with Gasteiger partial charge in [0.05, 0.1) is 5.56 Å². The molecule has 106 valence electrons. The SMILES string of the molecule is Cc1cccc(C(=O)NC2CCC(N)CC2)c1I.Cl. The van der Waals surface area contributed by atoms with Gasteiger partial charge in [-0.3, -0.25) is 4.79 Å². The summed E-state index contributed by atoms with van der Waals surface area (Å²) in [6.45, 7) is 2.03. The maximum Gasteiger partial charge on any atom is 0.252 e. The van der Waals surface area contributed by atoms with Crippen LogP contribution in [0.5, 0.6) is 0 Å². The van der Waals surface area contributed by atoms with E-state index in [0.717, 1.165) is 40.4 Å². The first kappa shape index (κ1) is 16.7. The standard InChI is InChI=1S/C14H19IN2O.ClH/c1-9-3-2-4-12(13(9)15)14(18)17-11-7-5-10(16)6-8-11;/h2-4,10-11H,5-8,16H2,1H3,(H,17,18);1H. The molecule has 1 aromatic rings. The summed E-state index contributed by atoms with van der Waals surface area (Å²) >= 11 is 2.24. The number of amides is 1. The highest BCUT2D eigenvalue weighted by molar-refractivity contribution is 14.1. The second-order valence-corrected chi connectivity index (χ2v) is 6.10. The molecule has 0 heterocycles. The molecule has 3 nitrogen and oxygen atoms in total. The monoisotopic (exact) mass is 394 g/mol. The number of nitrogens with two attached hydrogens (primary N) is 1. The van der Waals surface area contributed by atoms with Crippen molar-refractivity contribution in [2.24, 2.45) is 5.73 Å². The number of halogens is 2. The molecule has 0 atom stereocenters. The van der Waals surface area contributed by atoms with Crippen LogP contribution in [0, 0.1) is 10.5 Å². The summed E-state index contributed by atoms with van der Waals surface area (Å²) in [5.74, 6) is 0.0450. The fraction of sp³-hybridized carbons (Fsp3) is 0.500. The highest BCUT2D eigenvalue weighted by atomic mass is 127. The lowest BCUT2D eigenvalue weighted by Gasteiger charge is -2.27. The van der Waals surface area contributed by atoms with Gasteiger partial charge in [0.2, 0.25) is 0 Å². The van der Waals surface area contributed by atoms with Gasteiger partial charge in [-0.25, -0.2) is 0 Å². The minimum absolute atomic E-state index is 0. The highest BCUT2D eigenvalue weighted by Gasteiger charge is 2.21. The van der Waals surface area contributed by atoms with Crippen LogP contribution >= 0.6 is 35.0 Å². The maximum atomic E-state index is 12.2. The van der Waals surface area contributed by atoms with Gasteiger partial charge in [-0.05, 0) is 66.8 Å². The van der Waals surface area contributed by atoms with E-state index in [2.05, 4.69) is 27.9 Å². The van der Waals surface area contributed by atoms with Gasteiger partial charge in [-0.1, -0.05) is 12.1 Å². The van der Waals surface area contributed by atoms with Crippen LogP contribution in [0.2, 0.25) is 0 Å². The summed E-state index contributed by atoms with van der Waals surface area (Å²) in [6, 6.07) is 6.45. The first-order valence-electron chi connectivity index (χ1n) is 6.39. The molecule has 1 aliphatic rings. The van der Waals surface area contributed by atoms with Crippen LogP contribution in [0.15, 0.2) is 18.2 Å². The second-order valence-electron chi connectivity index (χ2n) is 5.02. The molecule has 0 saturated heterocycles. The molecule has 3 N–H and O–H groups in total. The van der Waals surface area contributed by atoms with Crippen LogP contribution in [-0.4, -0.2) is 18.0 Å². The van der Waals surface area contributed by atoms with Gasteiger partial charge in [-0.15, -0.1) is 12.4 Å². The number of nitrogens with one attached hydrogen (secondary N) is 1. The molecule has 0 spiro atoms. The minimum atomic E-state index is 0. The van der Waals surface area contributed by atoms with Crippen LogP contribution in [0.4, 0.5) is 0 Å². The van der Waals surface area contributed by atoms with Gasteiger partial charge in [0, 0.05) is 15.7 Å². The number of benzene rings is 1. The van der Waals surface area contributed by atoms with Gasteiger partial charge in [0.1, 0.15) is 0 Å². The fourth-order valence-electron chi connectivity index (χ4n) is 2.35. The molecule has 1 saturated carbocycles. The number of rotatable bonds is 2. The zero-order chi connectivity index (χ0) is 13.1. The summed E-state index contributed by atoms with van der Waals surface area (Å²) in [5, 5.41) is 3.12. The third kappa shape index (κ3) is 4.33. The van der Waals surface area contributed by atoms with E-state index < -0.39 is 0 Å². The Morgan fingerprint density at radius 2 is 1.95 bits per heavy atom. The molecule has 0 bridgehead atoms. The van der Waals surface area contributed by atoms with Crippen molar-refractivity contribution in [2.45, 2.75) is 44.7 Å². The number of hydrogen-bond donors (Lipinski definition) is 2. The van der Waals surface area contributed by atoms with E-state index in [0.29, 0.717) is 6.04 Å². The molecule has 0 radical (unpaired) electrons. The molecular weight excluding hydrogens is 375 g/mol. The van der Waals surface area contributed by atoms with E-state index in [1.807, 2.05) is 25.1 Å². The Labute approximate surface area is 134 Å². The van der Waals surface area contributed by atoms with Crippen molar-refractivity contribution in [1.29, 1.82) is 0 Å². The van der Waals surface area contributed by atoms with Crippen LogP contribution in [0.3, 0.4) is 0 Å². The first-order valence-corrected chi connectivity index (χ1v) is 7.47. The van der Waals surface area contributed by atoms with E-state index in [1.54, 1.807) is 0 Å². The van der Waals surface area contributed by atoms with Crippen LogP contribution in [0.1, 0.15) is 41.6 Å². The quantitative estimate of drug-likeness (QED) is 0.758. The average Bonchev–Trinajstić information content (AvgIpc) is 2.35. The summed E-state index contributed by atoms with van der Waals surface area (Å²) in [6.07, 6.45) is 4.01. The van der Waals surface area contributed by atoms with Crippen molar-refractivity contribution >= 4 is 40.9 Å². The molecule has 5 heteroatoms. The fourth-order valence-corrected chi connectivity index (χ4v) is 2.95. The van der Waals surface area contributed by atoms with E-state index >= 15 is 0 Å². The van der Waals surface area contributed by atoms with E-state index in [9.17, 15) is 4.79 Å². The summed E-state index contributed by atoms with van der Waals surface area (Å²) in [4.78, 5) is 12.2. The lowest BCUT2D eigenvalue weighted by atomic mass is 9.91. The summed E-state index contributed by atoms with van der Waals surface area (Å²) < 4.78 is 1.04. The van der Waals surface area contributed by atoms with Crippen molar-refractivity contribution < 1.29 is 4.79 Å². The number of hydrogen-bond acceptors (Lipinski definition) is 2. The Bertz CT molecular complexity index is 445. The number of carbonyl (C=O) groups is 1. The zero-order valence-electron chi connectivity index (χ0n) is 11.0. The molecule has 1 aliphatic carbocycles. The third-order valence-electron chi connectivity index (χ3n) is 3.54. The Morgan fingerprint density at radius 1 is 1.32 bits per heavy atom. The normalized spacial score (nSPS) is 22.5. The third-order valence-corrected chi connectivity index (χ3v) is 4.98. The van der Waals surface area contributed by atoms with Gasteiger partial charge in [-0.2, -0.15) is 0 Å². The van der Waals surface area contributed by atoms with Gasteiger partial charge >= 0.3 is 0 Å². The van der Waals surface area contributed by atoms with Gasteiger partial charge < -0.3 is 11.1 Å². The van der Waals surface area contributed by atoms with E-state index in [-0.39, 0.29) is 24.4 Å². The lowest BCUT2D eigenvalue weighted by molar-refractivity contribution is 0.0925. The predicted molar refractivity (Wildman–Crippen MR) is 88.8 cm³/mol. The molecule has 0 aromatic heterocycles. The van der Waals surface area contributed by atoms with E-state index in [1.165, 1.54) is 0 Å². The largest absolute Gasteiger partial charge is 0.349 e. The average molecular weight is 395 g/mol. The van der Waals surface area contributed by atoms with Crippen LogP contribution in [-0.2, 0) is 0 Å². The molecule has 1 amide bonds. The first-order chi connectivity index (χ1) is 8.58. The maximum absolute atomic E-state index is 12.2. The molecule has 0 aliphatic heterocycles. The van der Waals surface area contributed by atoms with Crippen molar-refractivity contribution in [2.75, 3.05) is 0 Å². The minimum Gasteiger partial charge on any atom is -0.349 e. The summed E-state index contributed by atoms with van der Waals surface area (Å²) in [5.41, 5.74) is 7.80. The van der Waals surface area contributed by atoms with Crippen molar-refractivity contribution in [3.05, 3.63) is 32.9 Å². The van der Waals surface area contributed by atoms with Crippen LogP contribution in [0.25, 0.3) is 0 Å². The molecule has 19 heavy (non-hydrogen) atoms. The molecular formula is C14H20ClIN2O. The van der Waals surface area contributed by atoms with Gasteiger partial charge in [0.25, 0.3) is 5.91 Å². The molecule has 0 unspecified atom stereocenters. The topological polar surface area (TPSA) is 55.1 Å². The Hall–Kier alpha value is -0.330.